The van der Waals surface area contributed by atoms with Crippen LogP contribution in [0.15, 0.2) is 24.3 Å². The van der Waals surface area contributed by atoms with Crippen LogP contribution in [0.4, 0.5) is 9.93 Å². The third-order valence-corrected chi connectivity index (χ3v) is 5.53. The molecule has 29 heavy (non-hydrogen) atoms. The number of amides is 4. The smallest absolute Gasteiger partial charge is 0.325 e. The molecule has 2 heterocycles. The standard InChI is InChI=1S/C19H22N4O5S/c1-4-22(18-20-12-7-5-6-8-13(12)29-18)14(24)11-28-15(25)9-10-23-16(26)19(2,3)21-17(23)27/h5-8H,4,9-11H2,1-3H3,(H,21,27). The summed E-state index contributed by atoms with van der Waals surface area (Å²) in [6, 6.07) is 7.02. The van der Waals surface area contributed by atoms with Gasteiger partial charge in [-0.05, 0) is 32.9 Å². The summed E-state index contributed by atoms with van der Waals surface area (Å²) in [5, 5.41) is 3.08. The summed E-state index contributed by atoms with van der Waals surface area (Å²) in [7, 11) is 0. The van der Waals surface area contributed by atoms with Gasteiger partial charge in [0.15, 0.2) is 11.7 Å². The van der Waals surface area contributed by atoms with Gasteiger partial charge in [0.2, 0.25) is 0 Å². The number of likely N-dealkylation sites (N-methyl/N-ethyl adjacent to an activating group) is 1. The molecule has 0 spiro atoms. The van der Waals surface area contributed by atoms with Crippen molar-refractivity contribution in [3.8, 4) is 0 Å². The number of para-hydroxylation sites is 1. The monoisotopic (exact) mass is 418 g/mol. The Bertz CT molecular complexity index is 937. The minimum absolute atomic E-state index is 0.101. The zero-order chi connectivity index (χ0) is 21.2. The quantitative estimate of drug-likeness (QED) is 0.543. The van der Waals surface area contributed by atoms with Gasteiger partial charge in [0.05, 0.1) is 16.6 Å². The average Bonchev–Trinajstić information content (AvgIpc) is 3.17. The second-order valence-corrected chi connectivity index (χ2v) is 8.03. The van der Waals surface area contributed by atoms with E-state index in [0.717, 1.165) is 15.1 Å². The fraction of sp³-hybridized carbons (Fsp3) is 0.421. The molecular formula is C19H22N4O5S. The first kappa shape index (κ1) is 20.7. The molecule has 0 atom stereocenters. The van der Waals surface area contributed by atoms with E-state index in [4.69, 9.17) is 4.74 Å². The summed E-state index contributed by atoms with van der Waals surface area (Å²) in [6.07, 6.45) is -0.185. The van der Waals surface area contributed by atoms with Crippen LogP contribution in [0, 0.1) is 0 Å². The highest BCUT2D eigenvalue weighted by Crippen LogP contribution is 2.28. The van der Waals surface area contributed by atoms with Gasteiger partial charge in [0.25, 0.3) is 11.8 Å². The number of ether oxygens (including phenoxy) is 1. The number of hydrogen-bond acceptors (Lipinski definition) is 7. The minimum Gasteiger partial charge on any atom is -0.455 e. The summed E-state index contributed by atoms with van der Waals surface area (Å²) < 4.78 is 6.00. The lowest BCUT2D eigenvalue weighted by atomic mass is 10.1. The van der Waals surface area contributed by atoms with Crippen molar-refractivity contribution in [2.24, 2.45) is 0 Å². The van der Waals surface area contributed by atoms with E-state index in [1.54, 1.807) is 13.8 Å². The Balaban J connectivity index is 1.53. The molecular weight excluding hydrogens is 396 g/mol. The van der Waals surface area contributed by atoms with Crippen molar-refractivity contribution in [1.29, 1.82) is 0 Å². The molecule has 10 heteroatoms. The van der Waals surface area contributed by atoms with Crippen LogP contribution >= 0.6 is 11.3 Å². The molecule has 3 rings (SSSR count). The molecule has 0 saturated carbocycles. The van der Waals surface area contributed by atoms with Crippen LogP contribution in [0.5, 0.6) is 0 Å². The van der Waals surface area contributed by atoms with Crippen molar-refractivity contribution in [1.82, 2.24) is 15.2 Å². The first-order valence-corrected chi connectivity index (χ1v) is 10.00. The van der Waals surface area contributed by atoms with Gasteiger partial charge in [-0.15, -0.1) is 0 Å². The molecule has 1 fully saturated rings. The highest BCUT2D eigenvalue weighted by Gasteiger charge is 2.44. The number of fused-ring (bicyclic) bond motifs is 1. The zero-order valence-corrected chi connectivity index (χ0v) is 17.2. The van der Waals surface area contributed by atoms with Crippen molar-refractivity contribution >= 4 is 50.5 Å². The molecule has 0 bridgehead atoms. The fourth-order valence-electron chi connectivity index (χ4n) is 2.91. The molecule has 2 aromatic rings. The Morgan fingerprint density at radius 3 is 2.62 bits per heavy atom. The van der Waals surface area contributed by atoms with Gasteiger partial charge in [-0.3, -0.25) is 24.2 Å². The molecule has 0 aliphatic carbocycles. The number of urea groups is 1. The first-order valence-electron chi connectivity index (χ1n) is 9.18. The van der Waals surface area contributed by atoms with E-state index in [0.29, 0.717) is 11.7 Å². The molecule has 154 valence electrons. The normalized spacial score (nSPS) is 15.5. The topological polar surface area (TPSA) is 109 Å². The largest absolute Gasteiger partial charge is 0.455 e. The van der Waals surface area contributed by atoms with Crippen molar-refractivity contribution in [3.05, 3.63) is 24.3 Å². The van der Waals surface area contributed by atoms with E-state index in [-0.39, 0.29) is 13.0 Å². The van der Waals surface area contributed by atoms with Crippen molar-refractivity contribution in [2.75, 3.05) is 24.6 Å². The summed E-state index contributed by atoms with van der Waals surface area (Å²) in [4.78, 5) is 55.3. The van der Waals surface area contributed by atoms with Crippen molar-refractivity contribution in [3.63, 3.8) is 0 Å². The van der Waals surface area contributed by atoms with Crippen LogP contribution in [-0.4, -0.2) is 58.9 Å². The molecule has 4 amide bonds. The van der Waals surface area contributed by atoms with Gasteiger partial charge in [0, 0.05) is 13.1 Å². The van der Waals surface area contributed by atoms with E-state index in [1.165, 1.54) is 16.2 Å². The van der Waals surface area contributed by atoms with E-state index < -0.39 is 36.0 Å². The van der Waals surface area contributed by atoms with Crippen LogP contribution in [-0.2, 0) is 19.1 Å². The molecule has 1 saturated heterocycles. The number of rotatable bonds is 7. The number of carbonyl (C=O) groups is 4. The number of imide groups is 1. The third kappa shape index (κ3) is 4.37. The highest BCUT2D eigenvalue weighted by molar-refractivity contribution is 7.22. The molecule has 9 nitrogen and oxygen atoms in total. The van der Waals surface area contributed by atoms with Gasteiger partial charge in [0.1, 0.15) is 5.54 Å². The van der Waals surface area contributed by atoms with Crippen LogP contribution < -0.4 is 10.2 Å². The first-order chi connectivity index (χ1) is 13.7. The Hall–Kier alpha value is -3.01. The van der Waals surface area contributed by atoms with Gasteiger partial charge in [-0.25, -0.2) is 9.78 Å². The predicted molar refractivity (Wildman–Crippen MR) is 108 cm³/mol. The molecule has 1 aromatic carbocycles. The predicted octanol–water partition coefficient (Wildman–Crippen LogP) is 1.91. The van der Waals surface area contributed by atoms with Gasteiger partial charge in [-0.1, -0.05) is 23.5 Å². The zero-order valence-electron chi connectivity index (χ0n) is 16.4. The summed E-state index contributed by atoms with van der Waals surface area (Å²) in [5.41, 5.74) is -0.192. The van der Waals surface area contributed by atoms with Crippen molar-refractivity contribution < 1.29 is 23.9 Å². The average molecular weight is 418 g/mol. The van der Waals surface area contributed by atoms with Crippen LogP contribution in [0.25, 0.3) is 10.2 Å². The number of nitrogens with one attached hydrogen (secondary N) is 1. The van der Waals surface area contributed by atoms with Gasteiger partial charge >= 0.3 is 12.0 Å². The number of hydrogen-bond donors (Lipinski definition) is 1. The lowest BCUT2D eigenvalue weighted by Crippen LogP contribution is -2.40. The van der Waals surface area contributed by atoms with Crippen LogP contribution in [0.1, 0.15) is 27.2 Å². The lowest BCUT2D eigenvalue weighted by molar-refractivity contribution is -0.148. The van der Waals surface area contributed by atoms with Crippen LogP contribution in [0.2, 0.25) is 0 Å². The minimum atomic E-state index is -0.990. The molecule has 0 radical (unpaired) electrons. The maximum absolute atomic E-state index is 12.5. The number of nitrogens with zero attached hydrogens (tertiary/aromatic N) is 3. The van der Waals surface area contributed by atoms with E-state index in [9.17, 15) is 19.2 Å². The Kier molecular flexibility index (Phi) is 5.83. The van der Waals surface area contributed by atoms with E-state index in [2.05, 4.69) is 10.3 Å². The fourth-order valence-corrected chi connectivity index (χ4v) is 3.96. The summed E-state index contributed by atoms with van der Waals surface area (Å²) in [5.74, 6) is -1.46. The molecule has 1 N–H and O–H groups in total. The Morgan fingerprint density at radius 1 is 1.28 bits per heavy atom. The number of benzene rings is 1. The van der Waals surface area contributed by atoms with E-state index >= 15 is 0 Å². The number of anilines is 1. The molecule has 1 aromatic heterocycles. The number of aromatic nitrogens is 1. The SMILES string of the molecule is CCN(C(=O)COC(=O)CCN1C(=O)NC(C)(C)C1=O)c1nc2ccccc2s1. The van der Waals surface area contributed by atoms with Gasteiger partial charge in [-0.2, -0.15) is 0 Å². The second-order valence-electron chi connectivity index (χ2n) is 7.02. The maximum Gasteiger partial charge on any atom is 0.325 e. The third-order valence-electron chi connectivity index (χ3n) is 4.47. The molecule has 0 unspecified atom stereocenters. The summed E-state index contributed by atoms with van der Waals surface area (Å²) in [6.45, 7) is 4.83. The second kappa shape index (κ2) is 8.16. The number of thiazole rings is 1. The number of esters is 1. The van der Waals surface area contributed by atoms with Gasteiger partial charge < -0.3 is 10.1 Å². The summed E-state index contributed by atoms with van der Waals surface area (Å²) >= 11 is 1.38. The van der Waals surface area contributed by atoms with Crippen LogP contribution in [0.3, 0.4) is 0 Å². The molecule has 1 aliphatic rings. The Morgan fingerprint density at radius 2 is 2.00 bits per heavy atom. The Labute approximate surface area is 171 Å². The van der Waals surface area contributed by atoms with Crippen molar-refractivity contribution in [2.45, 2.75) is 32.7 Å². The molecule has 1 aliphatic heterocycles. The lowest BCUT2D eigenvalue weighted by Gasteiger charge is -2.18. The maximum atomic E-state index is 12.5. The number of carbonyl (C=O) groups excluding carboxylic acids is 4. The highest BCUT2D eigenvalue weighted by atomic mass is 32.1. The van der Waals surface area contributed by atoms with E-state index in [1.807, 2.05) is 31.2 Å².